The van der Waals surface area contributed by atoms with Gasteiger partial charge in [-0.05, 0) is 37.1 Å². The van der Waals surface area contributed by atoms with Crippen LogP contribution in [0.15, 0.2) is 11.4 Å². The third kappa shape index (κ3) is 3.45. The van der Waals surface area contributed by atoms with E-state index in [1.807, 2.05) is 5.38 Å². The van der Waals surface area contributed by atoms with E-state index in [2.05, 4.69) is 44.8 Å². The fraction of sp³-hybridized carbons (Fsp3) is 0.571. The van der Waals surface area contributed by atoms with Crippen molar-refractivity contribution >= 4 is 39.0 Å². The van der Waals surface area contributed by atoms with Crippen LogP contribution in [-0.4, -0.2) is 73.1 Å². The summed E-state index contributed by atoms with van der Waals surface area (Å²) in [7, 11) is 4.24. The summed E-state index contributed by atoms with van der Waals surface area (Å²) in [6, 6.07) is 2.09. The molecule has 1 aliphatic heterocycles. The third-order valence-electron chi connectivity index (χ3n) is 3.81. The van der Waals surface area contributed by atoms with Crippen LogP contribution < -0.4 is 4.90 Å². The van der Waals surface area contributed by atoms with Gasteiger partial charge in [-0.3, -0.25) is 4.90 Å². The van der Waals surface area contributed by atoms with Crippen LogP contribution in [0, 0.1) is 0 Å². The van der Waals surface area contributed by atoms with Gasteiger partial charge < -0.3 is 9.80 Å². The number of nitrogens with zero attached hydrogens (tertiary/aromatic N) is 5. The largest absolute Gasteiger partial charge is 0.353 e. The number of aromatic nitrogens is 2. The van der Waals surface area contributed by atoms with Crippen LogP contribution in [0.4, 0.5) is 5.82 Å². The molecule has 21 heavy (non-hydrogen) atoms. The second kappa shape index (κ2) is 6.44. The van der Waals surface area contributed by atoms with Gasteiger partial charge in [0.15, 0.2) is 0 Å². The Morgan fingerprint density at radius 2 is 2.00 bits per heavy atom. The summed E-state index contributed by atoms with van der Waals surface area (Å²) in [5.41, 5.74) is 0. The second-order valence-electron chi connectivity index (χ2n) is 5.59. The van der Waals surface area contributed by atoms with Crippen LogP contribution in [0.5, 0.6) is 0 Å². The number of anilines is 1. The van der Waals surface area contributed by atoms with Crippen molar-refractivity contribution in [2.75, 3.05) is 58.3 Å². The lowest BCUT2D eigenvalue weighted by Crippen LogP contribution is -2.48. The summed E-state index contributed by atoms with van der Waals surface area (Å²) in [6.45, 7) is 6.35. The number of rotatable bonds is 4. The number of hydrogen-bond acceptors (Lipinski definition) is 6. The number of fused-ring (bicyclic) bond motifs is 1. The molecule has 0 radical (unpaired) electrons. The summed E-state index contributed by atoms with van der Waals surface area (Å²) in [6.07, 6.45) is 0. The SMILES string of the molecule is CN(C)CCN1CCN(c2nc(Cl)nc3sccc23)CC1. The second-order valence-corrected chi connectivity index (χ2v) is 6.82. The smallest absolute Gasteiger partial charge is 0.225 e. The van der Waals surface area contributed by atoms with E-state index in [-0.39, 0.29) is 0 Å². The van der Waals surface area contributed by atoms with Crippen LogP contribution in [0.1, 0.15) is 0 Å². The first-order chi connectivity index (χ1) is 10.1. The predicted molar refractivity (Wildman–Crippen MR) is 89.6 cm³/mol. The minimum atomic E-state index is 0.343. The van der Waals surface area contributed by atoms with Crippen molar-refractivity contribution in [2.45, 2.75) is 0 Å². The van der Waals surface area contributed by atoms with Crippen molar-refractivity contribution in [2.24, 2.45) is 0 Å². The van der Waals surface area contributed by atoms with E-state index in [0.717, 1.165) is 55.3 Å². The van der Waals surface area contributed by atoms with E-state index in [4.69, 9.17) is 11.6 Å². The van der Waals surface area contributed by atoms with E-state index >= 15 is 0 Å². The lowest BCUT2D eigenvalue weighted by Gasteiger charge is -2.36. The van der Waals surface area contributed by atoms with Gasteiger partial charge in [-0.25, -0.2) is 4.98 Å². The minimum Gasteiger partial charge on any atom is -0.353 e. The molecule has 0 spiro atoms. The Kier molecular flexibility index (Phi) is 4.59. The fourth-order valence-corrected chi connectivity index (χ4v) is 3.55. The lowest BCUT2D eigenvalue weighted by molar-refractivity contribution is 0.229. The van der Waals surface area contributed by atoms with Crippen LogP contribution >= 0.6 is 22.9 Å². The molecule has 1 fully saturated rings. The standard InChI is InChI=1S/C14H20ClN5S/c1-18(2)4-5-19-6-8-20(9-7-19)12-11-3-10-21-13(11)17-14(15)16-12/h3,10H,4-9H2,1-2H3. The zero-order valence-electron chi connectivity index (χ0n) is 12.4. The maximum atomic E-state index is 6.06. The Balaban J connectivity index is 1.69. The van der Waals surface area contributed by atoms with E-state index in [1.165, 1.54) is 0 Å². The summed E-state index contributed by atoms with van der Waals surface area (Å²) in [4.78, 5) is 16.8. The van der Waals surface area contributed by atoms with Crippen molar-refractivity contribution in [3.8, 4) is 0 Å². The molecule has 0 bridgehead atoms. The van der Waals surface area contributed by atoms with Gasteiger partial charge in [0, 0.05) is 39.3 Å². The summed E-state index contributed by atoms with van der Waals surface area (Å²) >= 11 is 7.67. The van der Waals surface area contributed by atoms with E-state index in [9.17, 15) is 0 Å². The van der Waals surface area contributed by atoms with E-state index in [1.54, 1.807) is 11.3 Å². The molecular weight excluding hydrogens is 306 g/mol. The summed E-state index contributed by atoms with van der Waals surface area (Å²) in [5, 5.41) is 3.51. The highest BCUT2D eigenvalue weighted by molar-refractivity contribution is 7.16. The van der Waals surface area contributed by atoms with Gasteiger partial charge in [0.25, 0.3) is 0 Å². The van der Waals surface area contributed by atoms with Crippen molar-refractivity contribution in [1.82, 2.24) is 19.8 Å². The highest BCUT2D eigenvalue weighted by atomic mass is 35.5. The zero-order chi connectivity index (χ0) is 14.8. The first-order valence-corrected chi connectivity index (χ1v) is 8.42. The fourth-order valence-electron chi connectivity index (χ4n) is 2.58. The van der Waals surface area contributed by atoms with Crippen molar-refractivity contribution in [3.63, 3.8) is 0 Å². The molecule has 0 N–H and O–H groups in total. The Morgan fingerprint density at radius 1 is 1.24 bits per heavy atom. The van der Waals surface area contributed by atoms with Gasteiger partial charge in [0.2, 0.25) is 5.28 Å². The average molecular weight is 326 g/mol. The molecule has 0 amide bonds. The van der Waals surface area contributed by atoms with Gasteiger partial charge in [0.05, 0.1) is 5.39 Å². The van der Waals surface area contributed by atoms with Crippen LogP contribution in [0.2, 0.25) is 5.28 Å². The first kappa shape index (κ1) is 15.0. The third-order valence-corrected chi connectivity index (χ3v) is 4.79. The average Bonchev–Trinajstić information content (AvgIpc) is 2.93. The first-order valence-electron chi connectivity index (χ1n) is 7.16. The molecule has 0 saturated carbocycles. The highest BCUT2D eigenvalue weighted by Crippen LogP contribution is 2.29. The van der Waals surface area contributed by atoms with Gasteiger partial charge in [-0.2, -0.15) is 4.98 Å². The number of thiophene rings is 1. The normalized spacial score (nSPS) is 17.0. The minimum absolute atomic E-state index is 0.343. The molecule has 3 rings (SSSR count). The van der Waals surface area contributed by atoms with Crippen LogP contribution in [0.3, 0.4) is 0 Å². The Labute approximate surface area is 134 Å². The van der Waals surface area contributed by atoms with Crippen LogP contribution in [0.25, 0.3) is 10.2 Å². The van der Waals surface area contributed by atoms with E-state index < -0.39 is 0 Å². The Bertz CT molecular complexity index is 606. The molecule has 2 aromatic rings. The van der Waals surface area contributed by atoms with Crippen molar-refractivity contribution in [1.29, 1.82) is 0 Å². The molecule has 7 heteroatoms. The van der Waals surface area contributed by atoms with Crippen molar-refractivity contribution in [3.05, 3.63) is 16.7 Å². The lowest BCUT2D eigenvalue weighted by atomic mass is 10.2. The quantitative estimate of drug-likeness (QED) is 0.804. The number of halogens is 1. The maximum absolute atomic E-state index is 6.06. The topological polar surface area (TPSA) is 35.5 Å². The summed E-state index contributed by atoms with van der Waals surface area (Å²) in [5.74, 6) is 0.985. The van der Waals surface area contributed by atoms with Gasteiger partial charge in [-0.1, -0.05) is 0 Å². The molecule has 1 aliphatic rings. The number of likely N-dealkylation sites (N-methyl/N-ethyl adjacent to an activating group) is 1. The monoisotopic (exact) mass is 325 g/mol. The molecule has 3 heterocycles. The molecule has 1 saturated heterocycles. The molecular formula is C14H20ClN5S. The molecule has 0 atom stereocenters. The predicted octanol–water partition coefficient (Wildman–Crippen LogP) is 2.03. The van der Waals surface area contributed by atoms with Gasteiger partial charge >= 0.3 is 0 Å². The van der Waals surface area contributed by atoms with Crippen LogP contribution in [-0.2, 0) is 0 Å². The number of piperazine rings is 1. The van der Waals surface area contributed by atoms with Crippen molar-refractivity contribution < 1.29 is 0 Å². The number of hydrogen-bond donors (Lipinski definition) is 0. The molecule has 114 valence electrons. The van der Waals surface area contributed by atoms with Gasteiger partial charge in [0.1, 0.15) is 10.6 Å². The van der Waals surface area contributed by atoms with E-state index in [0.29, 0.717) is 5.28 Å². The van der Waals surface area contributed by atoms with Gasteiger partial charge in [-0.15, -0.1) is 11.3 Å². The Morgan fingerprint density at radius 3 is 2.71 bits per heavy atom. The zero-order valence-corrected chi connectivity index (χ0v) is 14.0. The molecule has 0 aliphatic carbocycles. The summed E-state index contributed by atoms with van der Waals surface area (Å²) < 4.78 is 0. The molecule has 0 unspecified atom stereocenters. The highest BCUT2D eigenvalue weighted by Gasteiger charge is 2.20. The Hall–Kier alpha value is -0.950. The maximum Gasteiger partial charge on any atom is 0.225 e. The molecule has 5 nitrogen and oxygen atoms in total. The molecule has 2 aromatic heterocycles. The molecule has 0 aromatic carbocycles.